The number of nitrogens with one attached hydrogen (secondary N) is 1. The quantitative estimate of drug-likeness (QED) is 0.799. The first-order chi connectivity index (χ1) is 10.2. The molecule has 0 saturated heterocycles. The smallest absolute Gasteiger partial charge is 0.269 e. The Hall–Kier alpha value is -2.47. The van der Waals surface area contributed by atoms with Gasteiger partial charge in [-0.15, -0.1) is 0 Å². The van der Waals surface area contributed by atoms with E-state index in [0.717, 1.165) is 5.39 Å². The fourth-order valence-corrected chi connectivity index (χ4v) is 2.19. The molecule has 106 valence electrons. The van der Waals surface area contributed by atoms with Gasteiger partial charge in [0.05, 0.1) is 10.5 Å². The summed E-state index contributed by atoms with van der Waals surface area (Å²) in [5.74, 6) is 0.182. The van der Waals surface area contributed by atoms with Crippen molar-refractivity contribution in [2.75, 3.05) is 6.54 Å². The summed E-state index contributed by atoms with van der Waals surface area (Å²) in [7, 11) is 0. The van der Waals surface area contributed by atoms with Crippen LogP contribution < -0.4 is 5.32 Å². The lowest BCUT2D eigenvalue weighted by molar-refractivity contribution is 0.0949. The van der Waals surface area contributed by atoms with Crippen molar-refractivity contribution in [1.29, 1.82) is 0 Å². The number of carbonyl (C=O) groups is 1. The highest BCUT2D eigenvalue weighted by Gasteiger charge is 2.11. The van der Waals surface area contributed by atoms with Crippen LogP contribution in [0, 0.1) is 0 Å². The first kappa shape index (κ1) is 13.5. The Kier molecular flexibility index (Phi) is 3.79. The highest BCUT2D eigenvalue weighted by molar-refractivity contribution is 6.35. The second kappa shape index (κ2) is 5.88. The van der Waals surface area contributed by atoms with Gasteiger partial charge in [-0.05, 0) is 12.1 Å². The lowest BCUT2D eigenvalue weighted by Gasteiger charge is -2.06. The van der Waals surface area contributed by atoms with E-state index in [1.807, 2.05) is 24.3 Å². The number of hydrogen-bond acceptors (Lipinski definition) is 5. The number of carbonyl (C=O) groups excluding carboxylic acids is 1. The molecule has 2 aromatic heterocycles. The number of para-hydroxylation sites is 1. The zero-order chi connectivity index (χ0) is 14.7. The molecule has 21 heavy (non-hydrogen) atoms. The van der Waals surface area contributed by atoms with Gasteiger partial charge in [0.1, 0.15) is 5.69 Å². The number of pyridine rings is 1. The first-order valence-electron chi connectivity index (χ1n) is 6.33. The molecule has 3 rings (SSSR count). The molecule has 0 spiro atoms. The number of amides is 1. The zero-order valence-corrected chi connectivity index (χ0v) is 11.7. The maximum atomic E-state index is 12.1. The predicted octanol–water partition coefficient (Wildman–Crippen LogP) is 2.24. The Labute approximate surface area is 125 Å². The molecule has 0 radical (unpaired) electrons. The molecular weight excluding hydrogens is 292 g/mol. The largest absolute Gasteiger partial charge is 0.350 e. The lowest BCUT2D eigenvalue weighted by atomic mass is 10.2. The minimum absolute atomic E-state index is 0.282. The van der Waals surface area contributed by atoms with E-state index in [0.29, 0.717) is 29.4 Å². The molecule has 0 aliphatic heterocycles. The highest BCUT2D eigenvalue weighted by atomic mass is 35.5. The van der Waals surface area contributed by atoms with Crippen LogP contribution in [0.1, 0.15) is 16.4 Å². The number of rotatable bonds is 4. The van der Waals surface area contributed by atoms with Crippen molar-refractivity contribution in [3.63, 3.8) is 0 Å². The predicted molar refractivity (Wildman–Crippen MR) is 77.1 cm³/mol. The molecule has 3 aromatic rings. The van der Waals surface area contributed by atoms with Crippen LogP contribution in [0.4, 0.5) is 0 Å². The fourth-order valence-electron chi connectivity index (χ4n) is 1.93. The van der Waals surface area contributed by atoms with E-state index < -0.39 is 0 Å². The molecule has 0 aliphatic carbocycles. The second-order valence-electron chi connectivity index (χ2n) is 4.35. The van der Waals surface area contributed by atoms with Crippen LogP contribution in [0.15, 0.2) is 41.2 Å². The van der Waals surface area contributed by atoms with Crippen molar-refractivity contribution in [2.24, 2.45) is 0 Å². The molecule has 6 nitrogen and oxygen atoms in total. The summed E-state index contributed by atoms with van der Waals surface area (Å²) in [5, 5.41) is 7.56. The highest BCUT2D eigenvalue weighted by Crippen LogP contribution is 2.22. The van der Waals surface area contributed by atoms with Crippen LogP contribution in [0.5, 0.6) is 0 Å². The van der Waals surface area contributed by atoms with E-state index in [-0.39, 0.29) is 11.6 Å². The van der Waals surface area contributed by atoms with Crippen molar-refractivity contribution in [3.05, 3.63) is 53.3 Å². The van der Waals surface area contributed by atoms with E-state index in [1.165, 1.54) is 6.33 Å². The van der Waals surface area contributed by atoms with E-state index in [1.54, 1.807) is 6.07 Å². The Morgan fingerprint density at radius 3 is 3.00 bits per heavy atom. The molecule has 0 bridgehead atoms. The Bertz CT molecular complexity index is 774. The number of hydrogen-bond donors (Lipinski definition) is 1. The zero-order valence-electron chi connectivity index (χ0n) is 10.9. The van der Waals surface area contributed by atoms with Crippen LogP contribution in [-0.2, 0) is 6.42 Å². The number of halogens is 1. The molecule has 7 heteroatoms. The minimum atomic E-state index is -0.290. The Morgan fingerprint density at radius 1 is 1.33 bits per heavy atom. The van der Waals surface area contributed by atoms with Gasteiger partial charge in [0.25, 0.3) is 5.91 Å². The normalized spacial score (nSPS) is 10.7. The molecule has 0 atom stereocenters. The third-order valence-electron chi connectivity index (χ3n) is 2.93. The van der Waals surface area contributed by atoms with Crippen LogP contribution in [0.25, 0.3) is 10.9 Å². The van der Waals surface area contributed by atoms with Gasteiger partial charge in [-0.3, -0.25) is 4.79 Å². The van der Waals surface area contributed by atoms with E-state index >= 15 is 0 Å². The van der Waals surface area contributed by atoms with Crippen LogP contribution in [0.3, 0.4) is 0 Å². The van der Waals surface area contributed by atoms with Gasteiger partial charge in [0.2, 0.25) is 5.89 Å². The van der Waals surface area contributed by atoms with Crippen molar-refractivity contribution >= 4 is 28.4 Å². The van der Waals surface area contributed by atoms with Gasteiger partial charge < -0.3 is 9.84 Å². The van der Waals surface area contributed by atoms with Gasteiger partial charge >= 0.3 is 0 Å². The molecule has 1 aromatic carbocycles. The van der Waals surface area contributed by atoms with E-state index in [9.17, 15) is 4.79 Å². The summed E-state index contributed by atoms with van der Waals surface area (Å²) >= 11 is 6.17. The van der Waals surface area contributed by atoms with Crippen molar-refractivity contribution in [3.8, 4) is 0 Å². The fraction of sp³-hybridized carbons (Fsp3) is 0.143. The Balaban J connectivity index is 1.72. The molecule has 1 N–H and O–H groups in total. The topological polar surface area (TPSA) is 80.9 Å². The summed E-state index contributed by atoms with van der Waals surface area (Å²) < 4.78 is 4.85. The van der Waals surface area contributed by atoms with Crippen molar-refractivity contribution in [1.82, 2.24) is 20.4 Å². The third kappa shape index (κ3) is 3.00. The van der Waals surface area contributed by atoms with Crippen molar-refractivity contribution < 1.29 is 9.32 Å². The molecule has 0 unspecified atom stereocenters. The summed E-state index contributed by atoms with van der Waals surface area (Å²) in [4.78, 5) is 20.2. The molecule has 0 aliphatic rings. The lowest BCUT2D eigenvalue weighted by Crippen LogP contribution is -2.26. The van der Waals surface area contributed by atoms with E-state index in [2.05, 4.69) is 20.4 Å². The Morgan fingerprint density at radius 2 is 2.19 bits per heavy atom. The maximum Gasteiger partial charge on any atom is 0.269 e. The standard InChI is InChI=1S/C14H11ClN4O2/c15-10-7-12(19-11-4-2-1-3-9(10)11)14(20)16-6-5-13-17-8-18-21-13/h1-4,7-8H,5-6H2,(H,16,20). The summed E-state index contributed by atoms with van der Waals surface area (Å²) in [5.41, 5.74) is 0.969. The van der Waals surface area contributed by atoms with E-state index in [4.69, 9.17) is 16.1 Å². The van der Waals surface area contributed by atoms with Crippen molar-refractivity contribution in [2.45, 2.75) is 6.42 Å². The van der Waals surface area contributed by atoms with Gasteiger partial charge in [-0.2, -0.15) is 4.98 Å². The monoisotopic (exact) mass is 302 g/mol. The molecule has 0 saturated carbocycles. The maximum absolute atomic E-state index is 12.1. The van der Waals surface area contributed by atoms with Gasteiger partial charge in [0, 0.05) is 18.4 Å². The molecule has 2 heterocycles. The minimum Gasteiger partial charge on any atom is -0.350 e. The van der Waals surface area contributed by atoms with Crippen LogP contribution in [-0.4, -0.2) is 27.6 Å². The average Bonchev–Trinajstić information content (AvgIpc) is 3.00. The summed E-state index contributed by atoms with van der Waals surface area (Å²) in [6.45, 7) is 0.382. The van der Waals surface area contributed by atoms with Crippen LogP contribution >= 0.6 is 11.6 Å². The first-order valence-corrected chi connectivity index (χ1v) is 6.71. The van der Waals surface area contributed by atoms with Crippen LogP contribution in [0.2, 0.25) is 5.02 Å². The third-order valence-corrected chi connectivity index (χ3v) is 3.24. The van der Waals surface area contributed by atoms with Gasteiger partial charge in [-0.25, -0.2) is 4.98 Å². The number of fused-ring (bicyclic) bond motifs is 1. The number of nitrogens with zero attached hydrogens (tertiary/aromatic N) is 3. The number of aromatic nitrogens is 3. The molecule has 0 fully saturated rings. The number of benzene rings is 1. The molecule has 1 amide bonds. The SMILES string of the molecule is O=C(NCCc1ncno1)c1cc(Cl)c2ccccc2n1. The average molecular weight is 303 g/mol. The summed E-state index contributed by atoms with van der Waals surface area (Å²) in [6.07, 6.45) is 1.79. The molecular formula is C14H11ClN4O2. The van der Waals surface area contributed by atoms with Gasteiger partial charge in [0.15, 0.2) is 6.33 Å². The second-order valence-corrected chi connectivity index (χ2v) is 4.75. The van der Waals surface area contributed by atoms with Gasteiger partial charge in [-0.1, -0.05) is 35.0 Å². The summed E-state index contributed by atoms with van der Waals surface area (Å²) in [6, 6.07) is 8.97.